The number of ether oxygens (including phenoxy) is 1. The molecule has 0 radical (unpaired) electrons. The lowest BCUT2D eigenvalue weighted by molar-refractivity contribution is 0.427. The minimum absolute atomic E-state index is 0.0855. The predicted octanol–water partition coefficient (Wildman–Crippen LogP) is 3.45. The van der Waals surface area contributed by atoms with Crippen molar-refractivity contribution in [3.8, 4) is 11.6 Å². The molecule has 0 aliphatic rings. The Morgan fingerprint density at radius 3 is 2.85 bits per heavy atom. The number of anilines is 1. The first-order chi connectivity index (χ1) is 9.65. The van der Waals surface area contributed by atoms with E-state index in [0.717, 1.165) is 16.3 Å². The number of nitrogen functional groups attached to an aromatic ring is 1. The highest BCUT2D eigenvalue weighted by Gasteiger charge is 2.11. The zero-order valence-electron chi connectivity index (χ0n) is 10.8. The average Bonchev–Trinajstić information content (AvgIpc) is 2.45. The van der Waals surface area contributed by atoms with Crippen LogP contribution in [0.3, 0.4) is 0 Å². The number of nitrogens with two attached hydrogens (primary N) is 1. The minimum atomic E-state index is -0.525. The number of benzene rings is 2. The monoisotopic (exact) mass is 269 g/mol. The van der Waals surface area contributed by atoms with Gasteiger partial charge >= 0.3 is 0 Å². The highest BCUT2D eigenvalue weighted by Crippen LogP contribution is 2.30. The van der Waals surface area contributed by atoms with Crippen molar-refractivity contribution in [1.29, 1.82) is 0 Å². The van der Waals surface area contributed by atoms with Gasteiger partial charge in [-0.25, -0.2) is 4.39 Å². The second-order valence-corrected chi connectivity index (χ2v) is 4.48. The van der Waals surface area contributed by atoms with Gasteiger partial charge in [-0.3, -0.25) is 0 Å². The number of hydrogen-bond donors (Lipinski definition) is 1. The molecule has 0 fully saturated rings. The van der Waals surface area contributed by atoms with Crippen molar-refractivity contribution < 1.29 is 9.13 Å². The van der Waals surface area contributed by atoms with Crippen LogP contribution in [-0.4, -0.2) is 10.2 Å². The summed E-state index contributed by atoms with van der Waals surface area (Å²) in [5.74, 6) is -0.170. The molecular formula is C15H12FN3O. The third kappa shape index (κ3) is 2.14. The summed E-state index contributed by atoms with van der Waals surface area (Å²) in [6, 6.07) is 10.3. The molecule has 0 unspecified atom stereocenters. The molecule has 0 saturated heterocycles. The molecule has 3 rings (SSSR count). The van der Waals surface area contributed by atoms with E-state index in [-0.39, 0.29) is 11.6 Å². The van der Waals surface area contributed by atoms with Crippen molar-refractivity contribution in [3.05, 3.63) is 54.0 Å². The number of fused-ring (bicyclic) bond motifs is 1. The Kier molecular flexibility index (Phi) is 2.95. The summed E-state index contributed by atoms with van der Waals surface area (Å²) in [6.45, 7) is 1.79. The zero-order valence-corrected chi connectivity index (χ0v) is 10.8. The summed E-state index contributed by atoms with van der Waals surface area (Å²) in [5, 5.41) is 9.44. The number of aromatic nitrogens is 2. The molecule has 0 aliphatic carbocycles. The Morgan fingerprint density at radius 1 is 1.20 bits per heavy atom. The van der Waals surface area contributed by atoms with E-state index >= 15 is 0 Å². The second kappa shape index (κ2) is 4.77. The molecule has 0 saturated carbocycles. The lowest BCUT2D eigenvalue weighted by Gasteiger charge is -2.09. The molecular weight excluding hydrogens is 257 g/mol. The molecule has 2 N–H and O–H groups in total. The first-order valence-corrected chi connectivity index (χ1v) is 6.09. The van der Waals surface area contributed by atoms with Gasteiger partial charge in [-0.2, -0.15) is 5.10 Å². The van der Waals surface area contributed by atoms with Gasteiger partial charge in [0.05, 0.1) is 6.20 Å². The molecule has 0 atom stereocenters. The van der Waals surface area contributed by atoms with Crippen molar-refractivity contribution >= 4 is 16.5 Å². The quantitative estimate of drug-likeness (QED) is 0.724. The third-order valence-corrected chi connectivity index (χ3v) is 3.06. The zero-order chi connectivity index (χ0) is 14.1. The molecule has 0 bridgehead atoms. The summed E-state index contributed by atoms with van der Waals surface area (Å²) >= 11 is 0. The summed E-state index contributed by atoms with van der Waals surface area (Å²) < 4.78 is 19.4. The summed E-state index contributed by atoms with van der Waals surface area (Å²) in [6.07, 6.45) is 1.63. The van der Waals surface area contributed by atoms with E-state index in [0.29, 0.717) is 5.69 Å². The number of rotatable bonds is 2. The van der Waals surface area contributed by atoms with E-state index in [4.69, 9.17) is 10.5 Å². The molecule has 3 aromatic rings. The number of halogens is 1. The first kappa shape index (κ1) is 12.3. The minimum Gasteiger partial charge on any atom is -0.434 e. The predicted molar refractivity (Wildman–Crippen MR) is 75.2 cm³/mol. The van der Waals surface area contributed by atoms with Gasteiger partial charge in [0.2, 0.25) is 5.88 Å². The van der Waals surface area contributed by atoms with Crippen molar-refractivity contribution in [2.45, 2.75) is 6.92 Å². The Morgan fingerprint density at radius 2 is 2.00 bits per heavy atom. The van der Waals surface area contributed by atoms with Crippen LogP contribution < -0.4 is 10.5 Å². The van der Waals surface area contributed by atoms with Crippen molar-refractivity contribution in [2.75, 3.05) is 5.73 Å². The number of aryl methyl sites for hydroxylation is 1. The van der Waals surface area contributed by atoms with E-state index in [1.807, 2.05) is 24.3 Å². The molecule has 1 aromatic heterocycles. The number of hydrogen-bond acceptors (Lipinski definition) is 4. The van der Waals surface area contributed by atoms with E-state index in [2.05, 4.69) is 10.2 Å². The van der Waals surface area contributed by atoms with Gasteiger partial charge in [0.1, 0.15) is 0 Å². The van der Waals surface area contributed by atoms with Gasteiger partial charge in [0.25, 0.3) is 0 Å². The summed E-state index contributed by atoms with van der Waals surface area (Å²) in [4.78, 5) is 0. The topological polar surface area (TPSA) is 61.0 Å². The summed E-state index contributed by atoms with van der Waals surface area (Å²) in [5.41, 5.74) is 6.78. The van der Waals surface area contributed by atoms with Crippen LogP contribution in [0.15, 0.2) is 42.6 Å². The third-order valence-electron chi connectivity index (χ3n) is 3.06. The maximum Gasteiger partial charge on any atom is 0.246 e. The lowest BCUT2D eigenvalue weighted by atomic mass is 10.2. The van der Waals surface area contributed by atoms with Crippen LogP contribution in [0.2, 0.25) is 0 Å². The van der Waals surface area contributed by atoms with Crippen molar-refractivity contribution in [1.82, 2.24) is 10.2 Å². The van der Waals surface area contributed by atoms with Crippen LogP contribution in [0.1, 0.15) is 5.56 Å². The maximum absolute atomic E-state index is 13.9. The van der Waals surface area contributed by atoms with Crippen LogP contribution >= 0.6 is 0 Å². The van der Waals surface area contributed by atoms with Crippen LogP contribution in [0.25, 0.3) is 10.8 Å². The van der Waals surface area contributed by atoms with E-state index in [1.165, 1.54) is 6.07 Å². The fourth-order valence-electron chi connectivity index (χ4n) is 1.93. The van der Waals surface area contributed by atoms with Gasteiger partial charge < -0.3 is 10.5 Å². The van der Waals surface area contributed by atoms with E-state index < -0.39 is 5.82 Å². The Bertz CT molecular complexity index is 784. The Hall–Kier alpha value is -2.69. The molecule has 4 nitrogen and oxygen atoms in total. The van der Waals surface area contributed by atoms with Crippen LogP contribution in [-0.2, 0) is 0 Å². The largest absolute Gasteiger partial charge is 0.434 e. The Balaban J connectivity index is 2.08. The molecule has 1 heterocycles. The molecule has 20 heavy (non-hydrogen) atoms. The normalized spacial score (nSPS) is 10.7. The van der Waals surface area contributed by atoms with Crippen LogP contribution in [0.4, 0.5) is 10.1 Å². The number of nitrogens with zero attached hydrogens (tertiary/aromatic N) is 2. The van der Waals surface area contributed by atoms with Crippen LogP contribution in [0.5, 0.6) is 11.6 Å². The van der Waals surface area contributed by atoms with Gasteiger partial charge in [0, 0.05) is 22.5 Å². The molecule has 2 aromatic carbocycles. The molecule has 5 heteroatoms. The lowest BCUT2D eigenvalue weighted by Crippen LogP contribution is -1.97. The van der Waals surface area contributed by atoms with Gasteiger partial charge in [0.15, 0.2) is 11.6 Å². The van der Waals surface area contributed by atoms with E-state index in [1.54, 1.807) is 19.2 Å². The summed E-state index contributed by atoms with van der Waals surface area (Å²) in [7, 11) is 0. The standard InChI is InChI=1S/C15H12FN3O/c1-9-6-14(12(16)7-13(9)17)20-15-11-5-3-2-4-10(11)8-18-19-15/h2-8H,17H2,1H3. The van der Waals surface area contributed by atoms with Crippen molar-refractivity contribution in [3.63, 3.8) is 0 Å². The smallest absolute Gasteiger partial charge is 0.246 e. The van der Waals surface area contributed by atoms with Gasteiger partial charge in [-0.1, -0.05) is 18.2 Å². The molecule has 0 aliphatic heterocycles. The van der Waals surface area contributed by atoms with Gasteiger partial charge in [-0.15, -0.1) is 5.10 Å². The van der Waals surface area contributed by atoms with E-state index in [9.17, 15) is 4.39 Å². The highest BCUT2D eigenvalue weighted by atomic mass is 19.1. The highest BCUT2D eigenvalue weighted by molar-refractivity contribution is 5.86. The molecule has 0 spiro atoms. The van der Waals surface area contributed by atoms with Gasteiger partial charge in [-0.05, 0) is 24.6 Å². The molecule has 0 amide bonds. The fraction of sp³-hybridized carbons (Fsp3) is 0.0667. The van der Waals surface area contributed by atoms with Crippen LogP contribution in [0, 0.1) is 12.7 Å². The van der Waals surface area contributed by atoms with Crippen molar-refractivity contribution in [2.24, 2.45) is 0 Å². The average molecular weight is 269 g/mol. The molecule has 100 valence electrons. The second-order valence-electron chi connectivity index (χ2n) is 4.48. The first-order valence-electron chi connectivity index (χ1n) is 6.09. The maximum atomic E-state index is 13.9. The Labute approximate surface area is 115 Å². The SMILES string of the molecule is Cc1cc(Oc2nncc3ccccc23)c(F)cc1N. The fourth-order valence-corrected chi connectivity index (χ4v) is 1.93.